The summed E-state index contributed by atoms with van der Waals surface area (Å²) in [6.07, 6.45) is 6.43. The zero-order valence-electron chi connectivity index (χ0n) is 33.3. The molecule has 1 fully saturated rings. The third-order valence-electron chi connectivity index (χ3n) is 9.42. The van der Waals surface area contributed by atoms with Crippen LogP contribution < -0.4 is 15.0 Å². The van der Waals surface area contributed by atoms with E-state index in [1.807, 2.05) is 51.2 Å². The number of anilines is 1. The predicted octanol–water partition coefficient (Wildman–Crippen LogP) is 8.98. The zero-order chi connectivity index (χ0) is 38.9. The average Bonchev–Trinajstić information content (AvgIpc) is 3.53. The van der Waals surface area contributed by atoms with Crippen molar-refractivity contribution in [2.24, 2.45) is 0 Å². The maximum atomic E-state index is 14.6. The monoisotopic (exact) mass is 732 g/mol. The number of rotatable bonds is 5. The number of hydrogen-bond acceptors (Lipinski definition) is 7. The number of halogens is 1. The molecule has 1 saturated heterocycles. The molecule has 4 aromatic rings. The number of imidazole rings is 1. The number of aromatic nitrogens is 2. The van der Waals surface area contributed by atoms with E-state index < -0.39 is 11.6 Å². The van der Waals surface area contributed by atoms with Crippen LogP contribution in [0.25, 0.3) is 28.0 Å². The van der Waals surface area contributed by atoms with Gasteiger partial charge in [0.15, 0.2) is 0 Å². The first-order valence-electron chi connectivity index (χ1n) is 19.2. The molecule has 0 aliphatic carbocycles. The number of pyridine rings is 1. The van der Waals surface area contributed by atoms with Crippen molar-refractivity contribution >= 4 is 17.4 Å². The molecule has 3 aliphatic rings. The number of nitrogens with one attached hydrogen (secondary N) is 1. The van der Waals surface area contributed by atoms with E-state index in [4.69, 9.17) is 19.6 Å². The molecule has 0 atom stereocenters. The molecule has 7 rings (SSSR count). The number of fused-ring (bicyclic) bond motifs is 8. The fourth-order valence-corrected chi connectivity index (χ4v) is 6.70. The fraction of sp³-hybridized carbons (Fsp3) is 0.535. The fourth-order valence-electron chi connectivity index (χ4n) is 6.70. The van der Waals surface area contributed by atoms with Crippen LogP contribution in [0.15, 0.2) is 48.7 Å². The lowest BCUT2D eigenvalue weighted by Crippen LogP contribution is -2.45. The van der Waals surface area contributed by atoms with Crippen LogP contribution >= 0.6 is 0 Å². The summed E-state index contributed by atoms with van der Waals surface area (Å²) >= 11 is 0. The number of aliphatic carboxylic acids is 1. The highest BCUT2D eigenvalue weighted by molar-refractivity contribution is 5.79. The Labute approximate surface area is 315 Å². The molecule has 5 heterocycles. The highest BCUT2D eigenvalue weighted by Gasteiger charge is 2.34. The van der Waals surface area contributed by atoms with Gasteiger partial charge in [-0.05, 0) is 102 Å². The summed E-state index contributed by atoms with van der Waals surface area (Å²) in [7, 11) is 0. The number of piperidine rings is 1. The number of benzene rings is 2. The molecule has 3 aliphatic heterocycles. The van der Waals surface area contributed by atoms with E-state index in [1.54, 1.807) is 26.8 Å². The van der Waals surface area contributed by atoms with Gasteiger partial charge in [0.2, 0.25) is 0 Å². The van der Waals surface area contributed by atoms with Crippen molar-refractivity contribution in [1.29, 1.82) is 0 Å². The van der Waals surface area contributed by atoms with Crippen LogP contribution in [0.1, 0.15) is 104 Å². The summed E-state index contributed by atoms with van der Waals surface area (Å²) in [4.78, 5) is 19.8. The van der Waals surface area contributed by atoms with E-state index in [2.05, 4.69) is 35.4 Å². The lowest BCUT2D eigenvalue weighted by molar-refractivity contribution is -0.136. The summed E-state index contributed by atoms with van der Waals surface area (Å²) in [6, 6.07) is 12.9. The van der Waals surface area contributed by atoms with Gasteiger partial charge in [0, 0.05) is 60.7 Å². The molecular weight excluding hydrogens is 671 g/mol. The second kappa shape index (κ2) is 18.4. The predicted molar refractivity (Wildman–Crippen MR) is 213 cm³/mol. The van der Waals surface area contributed by atoms with E-state index >= 15 is 0 Å². The van der Waals surface area contributed by atoms with Crippen molar-refractivity contribution in [3.8, 4) is 28.1 Å². The van der Waals surface area contributed by atoms with E-state index in [9.17, 15) is 14.3 Å². The van der Waals surface area contributed by atoms with Gasteiger partial charge >= 0.3 is 5.97 Å². The Bertz CT molecular complexity index is 1820. The molecule has 10 heteroatoms. The van der Waals surface area contributed by atoms with Gasteiger partial charge < -0.3 is 29.9 Å². The summed E-state index contributed by atoms with van der Waals surface area (Å²) in [5.41, 5.74) is 6.00. The van der Waals surface area contributed by atoms with Crippen molar-refractivity contribution in [2.75, 3.05) is 31.2 Å². The zero-order valence-corrected chi connectivity index (χ0v) is 33.3. The normalized spacial score (nSPS) is 15.9. The Morgan fingerprint density at radius 3 is 2.34 bits per heavy atom. The van der Waals surface area contributed by atoms with Gasteiger partial charge in [0.05, 0.1) is 29.9 Å². The van der Waals surface area contributed by atoms with Crippen LogP contribution in [0.3, 0.4) is 0 Å². The SMILES string of the molecule is CC.CC(C)(C)O.Cc1c(CC(=O)O)c2n3cc(nc3c1CNC(C)C)-c1cccc(c1)-c1cc(F)ccc1OCCCCCOC1(C)CCN2CC1. The summed E-state index contributed by atoms with van der Waals surface area (Å²) in [5, 5.41) is 22.1. The van der Waals surface area contributed by atoms with E-state index in [-0.39, 0.29) is 23.9 Å². The van der Waals surface area contributed by atoms with Crippen molar-refractivity contribution in [2.45, 2.75) is 125 Å². The Morgan fingerprint density at radius 2 is 1.68 bits per heavy atom. The minimum absolute atomic E-state index is 0.0819. The van der Waals surface area contributed by atoms with E-state index in [1.165, 1.54) is 12.1 Å². The van der Waals surface area contributed by atoms with Crippen molar-refractivity contribution in [1.82, 2.24) is 14.7 Å². The Hall–Kier alpha value is -3.99. The molecule has 2 aromatic carbocycles. The summed E-state index contributed by atoms with van der Waals surface area (Å²) in [6.45, 7) is 20.9. The maximum Gasteiger partial charge on any atom is 0.307 e. The van der Waals surface area contributed by atoms with Crippen LogP contribution in [0.5, 0.6) is 5.75 Å². The van der Waals surface area contributed by atoms with Crippen LogP contribution in [0, 0.1) is 12.7 Å². The average molecular weight is 733 g/mol. The lowest BCUT2D eigenvalue weighted by atomic mass is 9.92. The van der Waals surface area contributed by atoms with Crippen LogP contribution in [-0.2, 0) is 22.5 Å². The third kappa shape index (κ3) is 11.3. The molecule has 3 N–H and O–H groups in total. The highest BCUT2D eigenvalue weighted by Crippen LogP contribution is 2.38. The van der Waals surface area contributed by atoms with Crippen molar-refractivity contribution in [3.05, 3.63) is 71.2 Å². The van der Waals surface area contributed by atoms with Crippen molar-refractivity contribution in [3.63, 3.8) is 0 Å². The largest absolute Gasteiger partial charge is 0.493 e. The van der Waals surface area contributed by atoms with Gasteiger partial charge in [-0.1, -0.05) is 45.9 Å². The Kier molecular flexibility index (Phi) is 14.5. The summed E-state index contributed by atoms with van der Waals surface area (Å²) in [5.74, 6) is 0.350. The topological polar surface area (TPSA) is 109 Å². The van der Waals surface area contributed by atoms with Crippen LogP contribution in [0.4, 0.5) is 10.2 Å². The molecule has 0 unspecified atom stereocenters. The molecule has 290 valence electrons. The number of carboxylic acids is 1. The Morgan fingerprint density at radius 1 is 1.02 bits per heavy atom. The minimum atomic E-state index is -0.862. The van der Waals surface area contributed by atoms with Crippen LogP contribution in [0.2, 0.25) is 0 Å². The summed E-state index contributed by atoms with van der Waals surface area (Å²) < 4.78 is 29.3. The molecule has 0 amide bonds. The number of aliphatic hydroxyl groups is 1. The number of ether oxygens (including phenoxy) is 2. The molecule has 0 spiro atoms. The number of nitrogens with zero attached hydrogens (tertiary/aromatic N) is 3. The van der Waals surface area contributed by atoms with Gasteiger partial charge in [-0.15, -0.1) is 0 Å². The standard InChI is InChI=1S/C37H45FN4O4.C4H10O.C2H6/c1-24(2)39-22-31-25(3)29(21-34(43)44)36-41-15-13-37(4,14-16-41)46-18-7-5-6-17-45-33-12-11-28(38)20-30(33)26-9-8-10-27(19-26)32-23-42(36)35(31)40-32;1-4(2,3)5;1-2/h8-12,19-20,23-24,39H,5-7,13-18,21-22H2,1-4H3,(H,43,44);5H,1-3H3;1-2H3. The molecule has 53 heavy (non-hydrogen) atoms. The minimum Gasteiger partial charge on any atom is -0.493 e. The van der Waals surface area contributed by atoms with Gasteiger partial charge in [-0.25, -0.2) is 9.37 Å². The maximum absolute atomic E-state index is 14.6. The first-order chi connectivity index (χ1) is 25.1. The van der Waals surface area contributed by atoms with Crippen molar-refractivity contribution < 1.29 is 28.9 Å². The quantitative estimate of drug-likeness (QED) is 0.187. The van der Waals surface area contributed by atoms with Gasteiger partial charge in [-0.2, -0.15) is 0 Å². The molecule has 0 saturated carbocycles. The van der Waals surface area contributed by atoms with Crippen LogP contribution in [-0.4, -0.2) is 69.1 Å². The highest BCUT2D eigenvalue weighted by atomic mass is 19.1. The second-order valence-corrected chi connectivity index (χ2v) is 15.4. The Balaban J connectivity index is 0.000000828. The molecule has 2 aromatic heterocycles. The van der Waals surface area contributed by atoms with Gasteiger partial charge in [0.25, 0.3) is 0 Å². The first kappa shape index (κ1) is 41.8. The molecular formula is C43H61FN4O5. The van der Waals surface area contributed by atoms with Gasteiger partial charge in [0.1, 0.15) is 23.0 Å². The molecule has 6 bridgehead atoms. The molecule has 9 nitrogen and oxygen atoms in total. The second-order valence-electron chi connectivity index (χ2n) is 15.4. The van der Waals surface area contributed by atoms with E-state index in [0.717, 1.165) is 90.2 Å². The molecule has 0 radical (unpaired) electrons. The van der Waals surface area contributed by atoms with Gasteiger partial charge in [-0.3, -0.25) is 9.20 Å². The third-order valence-corrected chi connectivity index (χ3v) is 9.42. The first-order valence-corrected chi connectivity index (χ1v) is 19.2. The lowest BCUT2D eigenvalue weighted by Gasteiger charge is -2.41. The number of carbonyl (C=O) groups is 1. The number of hydrogen-bond donors (Lipinski definition) is 3. The number of carboxylic acid groups (broad SMARTS) is 1. The van der Waals surface area contributed by atoms with E-state index in [0.29, 0.717) is 31.1 Å². The smallest absolute Gasteiger partial charge is 0.307 e.